The van der Waals surface area contributed by atoms with Crippen molar-refractivity contribution in [1.82, 2.24) is 14.9 Å². The van der Waals surface area contributed by atoms with E-state index in [-0.39, 0.29) is 5.82 Å². The zero-order valence-corrected chi connectivity index (χ0v) is 16.1. The third-order valence-electron chi connectivity index (χ3n) is 6.00. The van der Waals surface area contributed by atoms with Crippen LogP contribution in [0.15, 0.2) is 36.5 Å². The van der Waals surface area contributed by atoms with Gasteiger partial charge in [-0.25, -0.2) is 9.37 Å². The molecule has 1 saturated heterocycles. The van der Waals surface area contributed by atoms with Crippen LogP contribution >= 0.6 is 11.6 Å². The second kappa shape index (κ2) is 6.06. The first-order valence-electron chi connectivity index (χ1n) is 9.88. The van der Waals surface area contributed by atoms with Crippen LogP contribution in [0.3, 0.4) is 0 Å². The van der Waals surface area contributed by atoms with E-state index in [9.17, 15) is 0 Å². The van der Waals surface area contributed by atoms with Gasteiger partial charge in [0.05, 0.1) is 22.4 Å². The smallest absolute Gasteiger partial charge is 0.147 e. The number of hydrogen-bond donors (Lipinski definition) is 1. The number of halogens is 2. The molecular weight excluding hydrogens is 375 g/mol. The maximum Gasteiger partial charge on any atom is 0.147 e. The second-order valence-corrected chi connectivity index (χ2v) is 8.30. The van der Waals surface area contributed by atoms with Crippen molar-refractivity contribution in [2.75, 3.05) is 31.1 Å². The maximum absolute atomic E-state index is 15.2. The number of pyridine rings is 1. The molecule has 2 aromatic carbocycles. The molecule has 28 heavy (non-hydrogen) atoms. The number of nitrogens with one attached hydrogen (secondary N) is 1. The van der Waals surface area contributed by atoms with Gasteiger partial charge in [0, 0.05) is 59.8 Å². The van der Waals surface area contributed by atoms with Crippen molar-refractivity contribution in [3.05, 3.63) is 47.4 Å². The maximum atomic E-state index is 15.2. The Labute approximate surface area is 167 Å². The largest absolute Gasteiger partial charge is 0.367 e. The summed E-state index contributed by atoms with van der Waals surface area (Å²) in [7, 11) is 0. The van der Waals surface area contributed by atoms with Crippen LogP contribution in [0.25, 0.3) is 33.1 Å². The first-order chi connectivity index (χ1) is 13.7. The summed E-state index contributed by atoms with van der Waals surface area (Å²) in [5, 5.41) is 5.94. The highest BCUT2D eigenvalue weighted by Gasteiger charge is 2.28. The van der Waals surface area contributed by atoms with Crippen LogP contribution in [0.2, 0.25) is 5.02 Å². The number of rotatable bonds is 2. The minimum Gasteiger partial charge on any atom is -0.367 e. The summed E-state index contributed by atoms with van der Waals surface area (Å²) < 4.78 is 17.5. The summed E-state index contributed by atoms with van der Waals surface area (Å²) >= 11 is 6.24. The van der Waals surface area contributed by atoms with Gasteiger partial charge in [-0.2, -0.15) is 0 Å². The van der Waals surface area contributed by atoms with Crippen LogP contribution in [0.5, 0.6) is 0 Å². The monoisotopic (exact) mass is 394 g/mol. The van der Waals surface area contributed by atoms with Crippen molar-refractivity contribution in [3.63, 3.8) is 0 Å². The average Bonchev–Trinajstić information content (AvgIpc) is 3.49. The first kappa shape index (κ1) is 16.6. The molecule has 0 radical (unpaired) electrons. The quantitative estimate of drug-likeness (QED) is 0.528. The van der Waals surface area contributed by atoms with Gasteiger partial charge in [0.2, 0.25) is 0 Å². The summed E-state index contributed by atoms with van der Waals surface area (Å²) in [4.78, 5) is 6.97. The highest BCUT2D eigenvalue weighted by atomic mass is 35.5. The van der Waals surface area contributed by atoms with Gasteiger partial charge in [-0.05, 0) is 43.2 Å². The molecule has 1 aliphatic carbocycles. The van der Waals surface area contributed by atoms with E-state index in [1.54, 1.807) is 6.07 Å². The second-order valence-electron chi connectivity index (χ2n) is 7.86. The van der Waals surface area contributed by atoms with Gasteiger partial charge in [0.25, 0.3) is 0 Å². The molecule has 1 saturated carbocycles. The number of fused-ring (bicyclic) bond motifs is 5. The van der Waals surface area contributed by atoms with E-state index in [0.717, 1.165) is 59.2 Å². The van der Waals surface area contributed by atoms with E-state index in [4.69, 9.17) is 16.6 Å². The van der Waals surface area contributed by atoms with E-state index in [1.807, 2.05) is 24.3 Å². The van der Waals surface area contributed by atoms with Crippen molar-refractivity contribution >= 4 is 39.1 Å². The van der Waals surface area contributed by atoms with Crippen LogP contribution in [-0.2, 0) is 0 Å². The summed E-state index contributed by atoms with van der Waals surface area (Å²) in [5.41, 5.74) is 4.57. The molecule has 4 aliphatic rings. The lowest BCUT2D eigenvalue weighted by Crippen LogP contribution is -2.43. The molecule has 6 rings (SSSR count). The Bertz CT molecular complexity index is 1190. The minimum atomic E-state index is -0.172. The summed E-state index contributed by atoms with van der Waals surface area (Å²) in [5.74, 6) is -0.172. The molecule has 0 atom stereocenters. The standard InChI is InChI=1S/C22H20ClFN4/c23-13-1-4-19-15(9-13)17-12-28(14-2-3-14)20-11-21(27-7-5-25-6-8-27)18(24)10-16(20)22(17)26-19/h1,4,9-12,14,25H,2-3,5-8H2. The molecule has 0 aromatic heterocycles. The molecule has 0 unspecified atom stereocenters. The highest BCUT2D eigenvalue weighted by molar-refractivity contribution is 6.31. The number of anilines is 1. The molecular formula is C22H20ClFN4. The van der Waals surface area contributed by atoms with Crippen molar-refractivity contribution in [1.29, 1.82) is 0 Å². The van der Waals surface area contributed by atoms with E-state index in [2.05, 4.69) is 21.0 Å². The number of benzene rings is 2. The van der Waals surface area contributed by atoms with Crippen LogP contribution in [0.4, 0.5) is 10.1 Å². The lowest BCUT2D eigenvalue weighted by Gasteiger charge is -2.30. The fraction of sp³-hybridized carbons (Fsp3) is 0.318. The third kappa shape index (κ3) is 2.50. The molecule has 4 nitrogen and oxygen atoms in total. The Morgan fingerprint density at radius 1 is 1.07 bits per heavy atom. The Kier molecular flexibility index (Phi) is 3.59. The molecule has 1 N–H and O–H groups in total. The molecule has 0 amide bonds. The van der Waals surface area contributed by atoms with E-state index >= 15 is 4.39 Å². The predicted octanol–water partition coefficient (Wildman–Crippen LogP) is 4.83. The topological polar surface area (TPSA) is 33.1 Å². The molecule has 3 heterocycles. The lowest BCUT2D eigenvalue weighted by molar-refractivity contribution is 0.567. The Morgan fingerprint density at radius 2 is 1.89 bits per heavy atom. The fourth-order valence-corrected chi connectivity index (χ4v) is 4.60. The third-order valence-corrected chi connectivity index (χ3v) is 6.24. The number of aromatic nitrogens is 2. The van der Waals surface area contributed by atoms with Crippen molar-refractivity contribution in [2.24, 2.45) is 0 Å². The van der Waals surface area contributed by atoms with Crippen LogP contribution in [0.1, 0.15) is 18.9 Å². The molecule has 6 heteroatoms. The normalized spacial score (nSPS) is 17.9. The minimum absolute atomic E-state index is 0.172. The predicted molar refractivity (Wildman–Crippen MR) is 112 cm³/mol. The van der Waals surface area contributed by atoms with Crippen LogP contribution in [0, 0.1) is 5.82 Å². The van der Waals surface area contributed by atoms with Gasteiger partial charge in [0.15, 0.2) is 0 Å². The number of nitrogens with zero attached hydrogens (tertiary/aromatic N) is 3. The van der Waals surface area contributed by atoms with Gasteiger partial charge in [-0.1, -0.05) is 11.6 Å². The average molecular weight is 395 g/mol. The fourth-order valence-electron chi connectivity index (χ4n) is 4.43. The highest BCUT2D eigenvalue weighted by Crippen LogP contribution is 2.44. The number of piperazine rings is 1. The zero-order valence-electron chi connectivity index (χ0n) is 15.4. The zero-order chi connectivity index (χ0) is 18.8. The van der Waals surface area contributed by atoms with Gasteiger partial charge < -0.3 is 14.8 Å². The summed E-state index contributed by atoms with van der Waals surface area (Å²) in [6, 6.07) is 9.95. The van der Waals surface area contributed by atoms with Crippen molar-refractivity contribution in [2.45, 2.75) is 18.9 Å². The molecule has 142 valence electrons. The Balaban J connectivity index is 1.66. The molecule has 0 spiro atoms. The van der Waals surface area contributed by atoms with Gasteiger partial charge in [-0.15, -0.1) is 0 Å². The Hall–Kier alpha value is -2.37. The van der Waals surface area contributed by atoms with Crippen LogP contribution in [-0.4, -0.2) is 35.7 Å². The van der Waals surface area contributed by atoms with Gasteiger partial charge in [-0.3, -0.25) is 0 Å². The Morgan fingerprint density at radius 3 is 2.68 bits per heavy atom. The SMILES string of the molecule is Fc1cc2c3nc4ccc(Cl)cc4c-3cn(C3CC3)c2cc1N1CCNCC1. The van der Waals surface area contributed by atoms with Crippen molar-refractivity contribution in [3.8, 4) is 11.3 Å². The molecule has 2 fully saturated rings. The van der Waals surface area contributed by atoms with E-state index < -0.39 is 0 Å². The molecule has 2 aromatic rings. The van der Waals surface area contributed by atoms with Gasteiger partial charge >= 0.3 is 0 Å². The molecule has 3 aliphatic heterocycles. The van der Waals surface area contributed by atoms with Crippen molar-refractivity contribution < 1.29 is 4.39 Å². The lowest BCUT2D eigenvalue weighted by atomic mass is 10.0. The van der Waals surface area contributed by atoms with E-state index in [0.29, 0.717) is 16.8 Å². The van der Waals surface area contributed by atoms with Crippen LogP contribution < -0.4 is 10.2 Å². The molecule has 0 bridgehead atoms. The summed E-state index contributed by atoms with van der Waals surface area (Å²) in [6.45, 7) is 3.42. The number of hydrogen-bond acceptors (Lipinski definition) is 3. The van der Waals surface area contributed by atoms with Gasteiger partial charge in [0.1, 0.15) is 5.82 Å². The summed E-state index contributed by atoms with van der Waals surface area (Å²) in [6.07, 6.45) is 4.53. The first-order valence-corrected chi connectivity index (χ1v) is 10.3. The van der Waals surface area contributed by atoms with E-state index in [1.165, 1.54) is 12.8 Å².